The number of hydrogen-bond acceptors (Lipinski definition) is 5. The van der Waals surface area contributed by atoms with Crippen LogP contribution in [-0.2, 0) is 14.3 Å². The van der Waals surface area contributed by atoms with Gasteiger partial charge < -0.3 is 10.1 Å². The van der Waals surface area contributed by atoms with Crippen molar-refractivity contribution in [3.8, 4) is 0 Å². The molecule has 0 atom stereocenters. The first kappa shape index (κ1) is 20.2. The summed E-state index contributed by atoms with van der Waals surface area (Å²) in [7, 11) is 0. The van der Waals surface area contributed by atoms with Crippen molar-refractivity contribution in [2.75, 3.05) is 16.8 Å². The molecule has 3 rings (SSSR count). The van der Waals surface area contributed by atoms with Gasteiger partial charge in [-0.3, -0.25) is 9.59 Å². The zero-order chi connectivity index (χ0) is 20.4. The molecule has 1 N–H and O–H groups in total. The number of amides is 2. The number of imide groups is 1. The van der Waals surface area contributed by atoms with E-state index in [1.807, 2.05) is 0 Å². The Morgan fingerprint density at radius 3 is 2.32 bits per heavy atom. The Morgan fingerprint density at radius 2 is 1.68 bits per heavy atom. The summed E-state index contributed by atoms with van der Waals surface area (Å²) in [6, 6.07) is 10.7. The number of hydrogen-bond donors (Lipinski definition) is 1. The normalized spacial score (nSPS) is 13.9. The molecular weight excluding hydrogens is 427 g/mol. The number of benzene rings is 2. The molecule has 9 heteroatoms. The molecule has 144 valence electrons. The van der Waals surface area contributed by atoms with E-state index in [-0.39, 0.29) is 28.6 Å². The molecule has 1 heterocycles. The maximum Gasteiger partial charge on any atom is 0.340 e. The summed E-state index contributed by atoms with van der Waals surface area (Å²) in [5, 5.41) is 3.14. The third-order valence-corrected chi connectivity index (χ3v) is 4.59. The minimum atomic E-state index is -0.765. The van der Waals surface area contributed by atoms with Crippen LogP contribution in [0, 0.1) is 0 Å². The van der Waals surface area contributed by atoms with Crippen molar-refractivity contribution in [2.45, 2.75) is 6.92 Å². The number of ether oxygens (including phenoxy) is 1. The Bertz CT molecular complexity index is 1000. The first-order chi connectivity index (χ1) is 13.3. The smallest absolute Gasteiger partial charge is 0.340 e. The molecular formula is C19H13Cl3N2O4. The molecule has 6 nitrogen and oxygen atoms in total. The van der Waals surface area contributed by atoms with E-state index in [4.69, 9.17) is 39.5 Å². The fraction of sp³-hybridized carbons (Fsp3) is 0.105. The van der Waals surface area contributed by atoms with Crippen LogP contribution < -0.4 is 10.2 Å². The average Bonchev–Trinajstić information content (AvgIpc) is 2.84. The largest absolute Gasteiger partial charge is 0.462 e. The van der Waals surface area contributed by atoms with E-state index in [2.05, 4.69) is 5.32 Å². The summed E-state index contributed by atoms with van der Waals surface area (Å²) in [6.07, 6.45) is 0. The van der Waals surface area contributed by atoms with Gasteiger partial charge in [-0.15, -0.1) is 0 Å². The van der Waals surface area contributed by atoms with Gasteiger partial charge in [0.25, 0.3) is 11.8 Å². The summed E-state index contributed by atoms with van der Waals surface area (Å²) < 4.78 is 4.99. The highest BCUT2D eigenvalue weighted by Crippen LogP contribution is 2.33. The van der Waals surface area contributed by atoms with E-state index >= 15 is 0 Å². The zero-order valence-corrected chi connectivity index (χ0v) is 16.7. The van der Waals surface area contributed by atoms with Crippen LogP contribution in [0.4, 0.5) is 11.4 Å². The van der Waals surface area contributed by atoms with Crippen molar-refractivity contribution in [1.82, 2.24) is 0 Å². The van der Waals surface area contributed by atoms with Crippen LogP contribution in [0.3, 0.4) is 0 Å². The van der Waals surface area contributed by atoms with Crippen LogP contribution >= 0.6 is 34.8 Å². The van der Waals surface area contributed by atoms with Gasteiger partial charge in [0.15, 0.2) is 0 Å². The number of para-hydroxylation sites is 1. The van der Waals surface area contributed by atoms with Crippen molar-refractivity contribution in [3.05, 3.63) is 68.8 Å². The molecule has 0 unspecified atom stereocenters. The van der Waals surface area contributed by atoms with Gasteiger partial charge >= 0.3 is 5.97 Å². The Morgan fingerprint density at radius 1 is 1.04 bits per heavy atom. The first-order valence-electron chi connectivity index (χ1n) is 8.11. The molecule has 2 aromatic carbocycles. The number of nitrogens with zero attached hydrogens (tertiary/aromatic N) is 1. The fourth-order valence-corrected chi connectivity index (χ4v) is 3.39. The van der Waals surface area contributed by atoms with Gasteiger partial charge in [0.2, 0.25) is 0 Å². The molecule has 0 fully saturated rings. The highest BCUT2D eigenvalue weighted by molar-refractivity contribution is 6.53. The maximum absolute atomic E-state index is 12.9. The lowest BCUT2D eigenvalue weighted by molar-refractivity contribution is -0.120. The van der Waals surface area contributed by atoms with Gasteiger partial charge in [-0.25, -0.2) is 9.69 Å². The molecule has 2 aromatic rings. The number of carbonyl (C=O) groups is 3. The number of halogens is 3. The van der Waals surface area contributed by atoms with Crippen molar-refractivity contribution < 1.29 is 19.1 Å². The number of nitrogens with one attached hydrogen (secondary N) is 1. The van der Waals surface area contributed by atoms with Gasteiger partial charge in [-0.1, -0.05) is 46.9 Å². The lowest BCUT2D eigenvalue weighted by Gasteiger charge is -2.18. The minimum Gasteiger partial charge on any atom is -0.462 e. The van der Waals surface area contributed by atoms with E-state index in [0.717, 1.165) is 4.90 Å². The predicted octanol–water partition coefficient (Wildman–Crippen LogP) is 4.61. The van der Waals surface area contributed by atoms with Gasteiger partial charge in [0.1, 0.15) is 10.7 Å². The van der Waals surface area contributed by atoms with E-state index in [1.165, 1.54) is 30.3 Å². The second-order valence-electron chi connectivity index (χ2n) is 5.66. The third kappa shape index (κ3) is 3.85. The molecule has 0 bridgehead atoms. The lowest BCUT2D eigenvalue weighted by atomic mass is 10.1. The van der Waals surface area contributed by atoms with Crippen LogP contribution in [0.5, 0.6) is 0 Å². The quantitative estimate of drug-likeness (QED) is 0.544. The highest BCUT2D eigenvalue weighted by atomic mass is 35.5. The van der Waals surface area contributed by atoms with Crippen molar-refractivity contribution in [1.29, 1.82) is 0 Å². The number of esters is 1. The molecule has 0 radical (unpaired) electrons. The maximum atomic E-state index is 12.9. The summed E-state index contributed by atoms with van der Waals surface area (Å²) in [5.74, 6) is -2.14. The molecule has 28 heavy (non-hydrogen) atoms. The Hall–Kier alpha value is -2.54. The summed E-state index contributed by atoms with van der Waals surface area (Å²) >= 11 is 18.0. The predicted molar refractivity (Wildman–Crippen MR) is 108 cm³/mol. The Kier molecular flexibility index (Phi) is 5.93. The van der Waals surface area contributed by atoms with Crippen LogP contribution in [0.2, 0.25) is 10.0 Å². The Balaban J connectivity index is 1.97. The monoisotopic (exact) mass is 438 g/mol. The van der Waals surface area contributed by atoms with Crippen LogP contribution in [0.1, 0.15) is 17.3 Å². The lowest BCUT2D eigenvalue weighted by Crippen LogP contribution is -2.33. The molecule has 0 saturated carbocycles. The van der Waals surface area contributed by atoms with Gasteiger partial charge in [0.05, 0.1) is 17.9 Å². The van der Waals surface area contributed by atoms with Crippen LogP contribution in [-0.4, -0.2) is 24.4 Å². The van der Waals surface area contributed by atoms with Crippen LogP contribution in [0.15, 0.2) is 53.2 Å². The van der Waals surface area contributed by atoms with Crippen molar-refractivity contribution in [2.24, 2.45) is 0 Å². The van der Waals surface area contributed by atoms with Gasteiger partial charge in [0, 0.05) is 15.7 Å². The molecule has 0 saturated heterocycles. The second kappa shape index (κ2) is 8.22. The first-order valence-corrected chi connectivity index (χ1v) is 9.24. The van der Waals surface area contributed by atoms with Crippen molar-refractivity contribution in [3.63, 3.8) is 0 Å². The van der Waals surface area contributed by atoms with E-state index < -0.39 is 17.8 Å². The van der Waals surface area contributed by atoms with Gasteiger partial charge in [-0.2, -0.15) is 0 Å². The van der Waals surface area contributed by atoms with E-state index in [1.54, 1.807) is 19.1 Å². The SMILES string of the molecule is CCOC(=O)c1ccccc1N1C(=O)C(Cl)=C(Nc2cc(Cl)cc(Cl)c2)C1=O. The summed E-state index contributed by atoms with van der Waals surface area (Å²) in [6.45, 7) is 1.81. The van der Waals surface area contributed by atoms with E-state index in [9.17, 15) is 14.4 Å². The number of carbonyl (C=O) groups excluding carboxylic acids is 3. The molecule has 1 aliphatic rings. The summed E-state index contributed by atoms with van der Waals surface area (Å²) in [5.41, 5.74) is 0.383. The fourth-order valence-electron chi connectivity index (χ4n) is 2.65. The average molecular weight is 440 g/mol. The zero-order valence-electron chi connectivity index (χ0n) is 14.5. The third-order valence-electron chi connectivity index (χ3n) is 3.80. The highest BCUT2D eigenvalue weighted by Gasteiger charge is 2.40. The topological polar surface area (TPSA) is 75.7 Å². The molecule has 0 aromatic heterocycles. The van der Waals surface area contributed by atoms with Gasteiger partial charge in [-0.05, 0) is 37.3 Å². The molecule has 0 aliphatic carbocycles. The standard InChI is InChI=1S/C19H13Cl3N2O4/c1-2-28-19(27)13-5-3-4-6-14(13)24-17(25)15(22)16(18(24)26)23-12-8-10(20)7-11(21)9-12/h3-9,23H,2H2,1H3. The van der Waals surface area contributed by atoms with E-state index in [0.29, 0.717) is 15.7 Å². The number of anilines is 2. The number of rotatable bonds is 5. The molecule has 1 aliphatic heterocycles. The molecule has 0 spiro atoms. The summed E-state index contributed by atoms with van der Waals surface area (Å²) in [4.78, 5) is 38.6. The second-order valence-corrected chi connectivity index (χ2v) is 6.91. The minimum absolute atomic E-state index is 0.0718. The molecule has 2 amide bonds. The Labute approximate surface area is 175 Å². The van der Waals surface area contributed by atoms with Crippen LogP contribution in [0.25, 0.3) is 0 Å². The van der Waals surface area contributed by atoms with Crippen molar-refractivity contribution >= 4 is 64.0 Å².